The summed E-state index contributed by atoms with van der Waals surface area (Å²) in [5.41, 5.74) is 4.44. The van der Waals surface area contributed by atoms with Crippen molar-refractivity contribution in [2.24, 2.45) is 13.5 Å². The molecule has 0 spiro atoms. The van der Waals surface area contributed by atoms with E-state index in [2.05, 4.69) is 0 Å². The monoisotopic (exact) mass is 651 g/mol. The molecule has 0 radical (unpaired) electrons. The zero-order valence-corrected chi connectivity index (χ0v) is 29.1. The second-order valence-corrected chi connectivity index (χ2v) is 18.6. The van der Waals surface area contributed by atoms with Gasteiger partial charge in [-0.1, -0.05) is 70.8 Å². The average Bonchev–Trinajstić information content (AvgIpc) is 2.98. The summed E-state index contributed by atoms with van der Waals surface area (Å²) in [6.07, 6.45) is 0. The third kappa shape index (κ3) is 7.31. The molecule has 232 valence electrons. The fourth-order valence-corrected chi connectivity index (χ4v) is 14.8. The first-order chi connectivity index (χ1) is 20.9. The van der Waals surface area contributed by atoms with Crippen molar-refractivity contribution in [3.05, 3.63) is 119 Å². The fourth-order valence-electron chi connectivity index (χ4n) is 4.10. The van der Waals surface area contributed by atoms with Crippen molar-refractivity contribution in [1.82, 2.24) is 9.34 Å². The summed E-state index contributed by atoms with van der Waals surface area (Å²) in [5.74, 6) is 2.40. The standard InChI is InChI=1S/C32H40N5O4P3/c1-25-9-17-29(18-10-25)38-42(36(5)6)33-43(37(7)8,39-30-19-11-26(2)12-20-30)35-44(34-42,40-31-21-13-27(3)14-22-31)41-32-23-15-28(4)16-24-32/h9-24H,1-8H3/t42-,43-/m0/s1. The van der Waals surface area contributed by atoms with Gasteiger partial charge in [0.2, 0.25) is 0 Å². The van der Waals surface area contributed by atoms with E-state index in [-0.39, 0.29) is 0 Å². The summed E-state index contributed by atoms with van der Waals surface area (Å²) in [6, 6.07) is 31.3. The number of benzene rings is 4. The van der Waals surface area contributed by atoms with Crippen LogP contribution in [0.1, 0.15) is 22.3 Å². The molecule has 1 heterocycles. The molecule has 0 saturated carbocycles. The molecule has 0 bridgehead atoms. The lowest BCUT2D eigenvalue weighted by molar-refractivity contribution is 0.462. The largest absolute Gasteiger partial charge is 0.457 e. The van der Waals surface area contributed by atoms with Crippen molar-refractivity contribution in [3.8, 4) is 23.0 Å². The van der Waals surface area contributed by atoms with Crippen LogP contribution in [0.3, 0.4) is 0 Å². The van der Waals surface area contributed by atoms with Crippen molar-refractivity contribution in [2.45, 2.75) is 27.7 Å². The lowest BCUT2D eigenvalue weighted by Gasteiger charge is -2.38. The quantitative estimate of drug-likeness (QED) is 0.159. The molecule has 44 heavy (non-hydrogen) atoms. The third-order valence-electron chi connectivity index (χ3n) is 6.72. The fraction of sp³-hybridized carbons (Fsp3) is 0.250. The molecule has 0 fully saturated rings. The second kappa shape index (κ2) is 13.0. The average molecular weight is 652 g/mol. The Bertz CT molecular complexity index is 1660. The highest BCUT2D eigenvalue weighted by Gasteiger charge is 2.47. The van der Waals surface area contributed by atoms with Gasteiger partial charge in [-0.3, -0.25) is 0 Å². The van der Waals surface area contributed by atoms with Crippen LogP contribution >= 0.6 is 22.8 Å². The summed E-state index contributed by atoms with van der Waals surface area (Å²) in [5, 5.41) is 0. The maximum Gasteiger partial charge on any atom is 0.457 e. The molecule has 4 aromatic carbocycles. The highest BCUT2D eigenvalue weighted by atomic mass is 31.3. The number of nitrogens with zero attached hydrogens (tertiary/aromatic N) is 5. The van der Waals surface area contributed by atoms with Crippen LogP contribution < -0.4 is 18.1 Å². The Morgan fingerprint density at radius 3 is 0.955 bits per heavy atom. The minimum absolute atomic E-state index is 0.574. The van der Waals surface area contributed by atoms with E-state index in [9.17, 15) is 0 Å². The van der Waals surface area contributed by atoms with Crippen molar-refractivity contribution in [3.63, 3.8) is 0 Å². The van der Waals surface area contributed by atoms with Crippen LogP contribution in [0.2, 0.25) is 0 Å². The number of hydrogen-bond acceptors (Lipinski definition) is 9. The molecule has 12 heteroatoms. The summed E-state index contributed by atoms with van der Waals surface area (Å²) in [6.45, 7) is 8.13. The molecule has 9 nitrogen and oxygen atoms in total. The van der Waals surface area contributed by atoms with E-state index < -0.39 is 22.8 Å². The molecule has 0 N–H and O–H groups in total. The van der Waals surface area contributed by atoms with Crippen LogP contribution in [-0.2, 0) is 0 Å². The van der Waals surface area contributed by atoms with Gasteiger partial charge in [0.25, 0.3) is 0 Å². The van der Waals surface area contributed by atoms with Gasteiger partial charge in [0, 0.05) is 0 Å². The first-order valence-electron chi connectivity index (χ1n) is 14.2. The van der Waals surface area contributed by atoms with Crippen LogP contribution in [0.5, 0.6) is 23.0 Å². The van der Waals surface area contributed by atoms with E-state index in [0.717, 1.165) is 22.3 Å². The summed E-state index contributed by atoms with van der Waals surface area (Å²) in [7, 11) is -2.49. The number of rotatable bonds is 10. The Kier molecular flexibility index (Phi) is 9.46. The molecule has 0 saturated heterocycles. The van der Waals surface area contributed by atoms with Gasteiger partial charge in [0.15, 0.2) is 0 Å². The molecule has 2 atom stereocenters. The SMILES string of the molecule is Cc1ccc(OP2(Oc3ccc(C)cc3)=N[P@](Oc3ccc(C)cc3)(N(C)C)=N[P@@](Oc3ccc(C)cc3)(N(C)C)=N2)cc1. The minimum Gasteiger partial charge on any atom is -0.430 e. The first kappa shape index (κ1) is 32.1. The minimum atomic E-state index is -3.59. The number of hydrogen-bond donors (Lipinski definition) is 0. The third-order valence-corrected chi connectivity index (χ3v) is 16.2. The first-order valence-corrected chi connectivity index (χ1v) is 18.9. The molecule has 0 amide bonds. The van der Waals surface area contributed by atoms with E-state index in [1.807, 2.05) is 162 Å². The Morgan fingerprint density at radius 1 is 0.386 bits per heavy atom. The van der Waals surface area contributed by atoms with E-state index in [1.165, 1.54) is 0 Å². The topological polar surface area (TPSA) is 80.5 Å². The molecule has 1 aliphatic rings. The predicted molar refractivity (Wildman–Crippen MR) is 183 cm³/mol. The molecular formula is C32H40N5O4P3. The molecule has 0 unspecified atom stereocenters. The normalized spacial score (nSPS) is 20.7. The smallest absolute Gasteiger partial charge is 0.430 e. The molecule has 0 aromatic heterocycles. The van der Waals surface area contributed by atoms with Crippen molar-refractivity contribution in [1.29, 1.82) is 0 Å². The second-order valence-electron chi connectivity index (χ2n) is 11.1. The Balaban J connectivity index is 1.82. The Morgan fingerprint density at radius 2 is 0.659 bits per heavy atom. The van der Waals surface area contributed by atoms with Gasteiger partial charge < -0.3 is 18.1 Å². The lowest BCUT2D eigenvalue weighted by Crippen LogP contribution is -2.19. The van der Waals surface area contributed by atoms with Crippen molar-refractivity contribution < 1.29 is 18.1 Å². The van der Waals surface area contributed by atoms with E-state index >= 15 is 0 Å². The number of aryl methyl sites for hydroxylation is 4. The molecule has 1 aliphatic heterocycles. The zero-order chi connectivity index (χ0) is 31.5. The summed E-state index contributed by atoms with van der Waals surface area (Å²) < 4.78 is 47.0. The summed E-state index contributed by atoms with van der Waals surface area (Å²) in [4.78, 5) is 0. The highest BCUT2D eigenvalue weighted by molar-refractivity contribution is 7.80. The van der Waals surface area contributed by atoms with Gasteiger partial charge in [-0.05, 0) is 104 Å². The summed E-state index contributed by atoms with van der Waals surface area (Å²) >= 11 is 0. The van der Waals surface area contributed by atoms with Crippen molar-refractivity contribution in [2.75, 3.05) is 28.2 Å². The van der Waals surface area contributed by atoms with Gasteiger partial charge in [-0.25, -0.2) is 9.34 Å². The Labute approximate surface area is 261 Å². The van der Waals surface area contributed by atoms with Crippen LogP contribution in [0.15, 0.2) is 111 Å². The van der Waals surface area contributed by atoms with Crippen LogP contribution in [0, 0.1) is 27.7 Å². The Hall–Kier alpha value is -3.31. The lowest BCUT2D eigenvalue weighted by atomic mass is 10.2. The molecule has 0 aliphatic carbocycles. The van der Waals surface area contributed by atoms with Gasteiger partial charge in [-0.2, -0.15) is 0 Å². The van der Waals surface area contributed by atoms with E-state index in [4.69, 9.17) is 31.6 Å². The van der Waals surface area contributed by atoms with E-state index in [1.54, 1.807) is 0 Å². The molecule has 5 rings (SSSR count). The van der Waals surface area contributed by atoms with Gasteiger partial charge >= 0.3 is 22.8 Å². The van der Waals surface area contributed by atoms with Crippen LogP contribution in [0.4, 0.5) is 0 Å². The molecular weight excluding hydrogens is 611 g/mol. The van der Waals surface area contributed by atoms with E-state index in [0.29, 0.717) is 23.0 Å². The van der Waals surface area contributed by atoms with Gasteiger partial charge in [-0.15, -0.1) is 13.5 Å². The molecule has 4 aromatic rings. The van der Waals surface area contributed by atoms with Gasteiger partial charge in [0.05, 0.1) is 0 Å². The predicted octanol–water partition coefficient (Wildman–Crippen LogP) is 10.5. The maximum absolute atomic E-state index is 6.82. The maximum atomic E-state index is 6.82. The van der Waals surface area contributed by atoms with Crippen LogP contribution in [-0.4, -0.2) is 37.5 Å². The van der Waals surface area contributed by atoms with Gasteiger partial charge in [0.1, 0.15) is 23.0 Å². The van der Waals surface area contributed by atoms with Crippen molar-refractivity contribution >= 4 is 22.8 Å². The highest BCUT2D eigenvalue weighted by Crippen LogP contribution is 2.79. The zero-order valence-electron chi connectivity index (χ0n) is 26.4. The van der Waals surface area contributed by atoms with Crippen LogP contribution in [0.25, 0.3) is 0 Å².